The molecule has 0 atom stereocenters. The molecule has 2 heteroatoms. The maximum Gasteiger partial charge on any atom is 0.0466 e. The Morgan fingerprint density at radius 1 is 0.444 bits per heavy atom. The predicted molar refractivity (Wildman–Crippen MR) is 79.2 cm³/mol. The Morgan fingerprint density at radius 2 is 0.778 bits per heavy atom. The standard InChI is InChI=1S/C16H34O2/c1-3-5-13-17-15-11-9-7-8-10-12-16-18-14-6-4-2/h3-16H2,1-2H3. The van der Waals surface area contributed by atoms with Crippen molar-refractivity contribution in [2.24, 2.45) is 0 Å². The number of ether oxygens (including phenoxy) is 2. The second kappa shape index (κ2) is 16.9. The minimum atomic E-state index is 0.950. The molecular formula is C16H34O2. The third-order valence-electron chi connectivity index (χ3n) is 3.11. The molecule has 0 aliphatic heterocycles. The molecule has 0 aromatic carbocycles. The van der Waals surface area contributed by atoms with Crippen molar-refractivity contribution < 1.29 is 9.47 Å². The quantitative estimate of drug-likeness (QED) is 0.386. The molecule has 0 aliphatic rings. The van der Waals surface area contributed by atoms with Crippen molar-refractivity contribution >= 4 is 0 Å². The summed E-state index contributed by atoms with van der Waals surface area (Å²) in [7, 11) is 0. The van der Waals surface area contributed by atoms with Gasteiger partial charge in [0.1, 0.15) is 0 Å². The minimum Gasteiger partial charge on any atom is -0.381 e. The van der Waals surface area contributed by atoms with Gasteiger partial charge < -0.3 is 9.47 Å². The van der Waals surface area contributed by atoms with Crippen molar-refractivity contribution in [1.29, 1.82) is 0 Å². The van der Waals surface area contributed by atoms with Gasteiger partial charge in [-0.05, 0) is 25.7 Å². The summed E-state index contributed by atoms with van der Waals surface area (Å²) >= 11 is 0. The molecule has 0 aromatic heterocycles. The van der Waals surface area contributed by atoms with Crippen LogP contribution in [0.3, 0.4) is 0 Å². The lowest BCUT2D eigenvalue weighted by molar-refractivity contribution is 0.124. The zero-order valence-electron chi connectivity index (χ0n) is 12.7. The van der Waals surface area contributed by atoms with Crippen molar-refractivity contribution in [3.8, 4) is 0 Å². The van der Waals surface area contributed by atoms with Crippen molar-refractivity contribution in [3.05, 3.63) is 0 Å². The lowest BCUT2D eigenvalue weighted by atomic mass is 10.1. The van der Waals surface area contributed by atoms with E-state index >= 15 is 0 Å². The topological polar surface area (TPSA) is 18.5 Å². The van der Waals surface area contributed by atoms with E-state index in [0.29, 0.717) is 0 Å². The molecular weight excluding hydrogens is 224 g/mol. The van der Waals surface area contributed by atoms with Crippen molar-refractivity contribution in [1.82, 2.24) is 0 Å². The maximum absolute atomic E-state index is 5.54. The Labute approximate surface area is 114 Å². The highest BCUT2D eigenvalue weighted by Crippen LogP contribution is 2.06. The second-order valence-corrected chi connectivity index (χ2v) is 5.05. The third kappa shape index (κ3) is 15.9. The average Bonchev–Trinajstić information content (AvgIpc) is 2.39. The molecule has 0 unspecified atom stereocenters. The zero-order chi connectivity index (χ0) is 13.3. The van der Waals surface area contributed by atoms with Crippen LogP contribution in [0.4, 0.5) is 0 Å². The maximum atomic E-state index is 5.54. The summed E-state index contributed by atoms with van der Waals surface area (Å²) in [6, 6.07) is 0. The van der Waals surface area contributed by atoms with Crippen LogP contribution < -0.4 is 0 Å². The van der Waals surface area contributed by atoms with Crippen LogP contribution in [0, 0.1) is 0 Å². The first-order chi connectivity index (χ1) is 8.91. The Kier molecular flexibility index (Phi) is 16.8. The fraction of sp³-hybridized carbons (Fsp3) is 1.00. The van der Waals surface area contributed by atoms with Crippen LogP contribution in [-0.4, -0.2) is 26.4 Å². The van der Waals surface area contributed by atoms with Crippen molar-refractivity contribution in [2.45, 2.75) is 78.1 Å². The Hall–Kier alpha value is -0.0800. The molecule has 0 aromatic rings. The molecule has 0 saturated carbocycles. The van der Waals surface area contributed by atoms with Crippen LogP contribution in [0.5, 0.6) is 0 Å². The highest BCUT2D eigenvalue weighted by atomic mass is 16.5. The molecule has 2 nitrogen and oxygen atoms in total. The summed E-state index contributed by atoms with van der Waals surface area (Å²) in [4.78, 5) is 0. The highest BCUT2D eigenvalue weighted by Gasteiger charge is 1.93. The molecule has 0 radical (unpaired) electrons. The minimum absolute atomic E-state index is 0.950. The lowest BCUT2D eigenvalue weighted by Crippen LogP contribution is -1.97. The Morgan fingerprint density at radius 3 is 1.17 bits per heavy atom. The van der Waals surface area contributed by atoms with Gasteiger partial charge in [0.25, 0.3) is 0 Å². The molecule has 0 heterocycles. The van der Waals surface area contributed by atoms with E-state index in [9.17, 15) is 0 Å². The summed E-state index contributed by atoms with van der Waals surface area (Å²) in [5.74, 6) is 0. The number of rotatable bonds is 15. The van der Waals surface area contributed by atoms with Gasteiger partial charge in [-0.2, -0.15) is 0 Å². The summed E-state index contributed by atoms with van der Waals surface area (Å²) in [5.41, 5.74) is 0. The van der Waals surface area contributed by atoms with E-state index in [2.05, 4.69) is 13.8 Å². The van der Waals surface area contributed by atoms with Crippen LogP contribution in [0.2, 0.25) is 0 Å². The largest absolute Gasteiger partial charge is 0.381 e. The molecule has 0 bridgehead atoms. The normalized spacial score (nSPS) is 11.0. The Balaban J connectivity index is 2.86. The summed E-state index contributed by atoms with van der Waals surface area (Å²) < 4.78 is 11.1. The van der Waals surface area contributed by atoms with Crippen molar-refractivity contribution in [3.63, 3.8) is 0 Å². The van der Waals surface area contributed by atoms with Gasteiger partial charge in [0.15, 0.2) is 0 Å². The molecule has 0 spiro atoms. The summed E-state index contributed by atoms with van der Waals surface area (Å²) in [6.45, 7) is 8.22. The highest BCUT2D eigenvalue weighted by molar-refractivity contribution is 4.45. The van der Waals surface area contributed by atoms with Crippen LogP contribution >= 0.6 is 0 Å². The smallest absolute Gasteiger partial charge is 0.0466 e. The number of hydrogen-bond donors (Lipinski definition) is 0. The molecule has 0 saturated heterocycles. The number of hydrogen-bond acceptors (Lipinski definition) is 2. The first-order valence-electron chi connectivity index (χ1n) is 8.07. The van der Waals surface area contributed by atoms with Gasteiger partial charge in [-0.1, -0.05) is 52.4 Å². The van der Waals surface area contributed by atoms with E-state index < -0.39 is 0 Å². The second-order valence-electron chi connectivity index (χ2n) is 5.05. The van der Waals surface area contributed by atoms with E-state index in [0.717, 1.165) is 26.4 Å². The van der Waals surface area contributed by atoms with Gasteiger partial charge in [-0.15, -0.1) is 0 Å². The van der Waals surface area contributed by atoms with E-state index in [-0.39, 0.29) is 0 Å². The summed E-state index contributed by atoms with van der Waals surface area (Å²) in [6.07, 6.45) is 12.7. The first kappa shape index (κ1) is 17.9. The molecule has 0 rings (SSSR count). The van der Waals surface area contributed by atoms with Crippen molar-refractivity contribution in [2.75, 3.05) is 26.4 Å². The molecule has 18 heavy (non-hydrogen) atoms. The van der Waals surface area contributed by atoms with E-state index in [1.165, 1.54) is 64.2 Å². The van der Waals surface area contributed by atoms with Crippen LogP contribution in [0.15, 0.2) is 0 Å². The third-order valence-corrected chi connectivity index (χ3v) is 3.11. The molecule has 0 aliphatic carbocycles. The molecule has 0 amide bonds. The van der Waals surface area contributed by atoms with E-state index in [4.69, 9.17) is 9.47 Å². The fourth-order valence-corrected chi connectivity index (χ4v) is 1.81. The van der Waals surface area contributed by atoms with Gasteiger partial charge in [-0.25, -0.2) is 0 Å². The molecule has 0 fully saturated rings. The SMILES string of the molecule is CCCCOCCCCCCCCOCCCC. The van der Waals surface area contributed by atoms with Crippen LogP contribution in [0.25, 0.3) is 0 Å². The van der Waals surface area contributed by atoms with Gasteiger partial charge in [0, 0.05) is 26.4 Å². The lowest BCUT2D eigenvalue weighted by Gasteiger charge is -2.04. The summed E-state index contributed by atoms with van der Waals surface area (Å²) in [5, 5.41) is 0. The van der Waals surface area contributed by atoms with Gasteiger partial charge in [0.05, 0.1) is 0 Å². The fourth-order valence-electron chi connectivity index (χ4n) is 1.81. The zero-order valence-corrected chi connectivity index (χ0v) is 12.7. The molecule has 110 valence electrons. The van der Waals surface area contributed by atoms with E-state index in [1.807, 2.05) is 0 Å². The van der Waals surface area contributed by atoms with Crippen LogP contribution in [0.1, 0.15) is 78.1 Å². The van der Waals surface area contributed by atoms with Crippen LogP contribution in [-0.2, 0) is 9.47 Å². The predicted octanol–water partition coefficient (Wildman–Crippen LogP) is 4.96. The van der Waals surface area contributed by atoms with Gasteiger partial charge >= 0.3 is 0 Å². The molecule has 0 N–H and O–H groups in total. The average molecular weight is 258 g/mol. The van der Waals surface area contributed by atoms with Gasteiger partial charge in [-0.3, -0.25) is 0 Å². The van der Waals surface area contributed by atoms with E-state index in [1.54, 1.807) is 0 Å². The number of unbranched alkanes of at least 4 members (excludes halogenated alkanes) is 7. The Bertz CT molecular complexity index is 121. The monoisotopic (exact) mass is 258 g/mol. The van der Waals surface area contributed by atoms with Gasteiger partial charge in [0.2, 0.25) is 0 Å². The first-order valence-corrected chi connectivity index (χ1v) is 8.07.